The molecular formula is C26H31NO5. The van der Waals surface area contributed by atoms with E-state index < -0.39 is 5.60 Å². The van der Waals surface area contributed by atoms with Crippen molar-refractivity contribution < 1.29 is 23.8 Å². The first-order chi connectivity index (χ1) is 15.5. The number of hydrogen-bond donors (Lipinski definition) is 0. The third kappa shape index (κ3) is 4.59. The molecule has 6 heteroatoms. The summed E-state index contributed by atoms with van der Waals surface area (Å²) in [5.41, 5.74) is 0.718. The number of fused-ring (bicyclic) bond motifs is 1. The fourth-order valence-electron chi connectivity index (χ4n) is 4.38. The van der Waals surface area contributed by atoms with E-state index in [2.05, 4.69) is 6.92 Å². The number of rotatable bonds is 7. The highest BCUT2D eigenvalue weighted by Crippen LogP contribution is 2.39. The second-order valence-electron chi connectivity index (χ2n) is 8.47. The highest BCUT2D eigenvalue weighted by molar-refractivity contribution is 6.00. The summed E-state index contributed by atoms with van der Waals surface area (Å²) in [4.78, 5) is 27.7. The summed E-state index contributed by atoms with van der Waals surface area (Å²) in [6.07, 6.45) is 3.66. The van der Waals surface area contributed by atoms with Gasteiger partial charge >= 0.3 is 0 Å². The maximum absolute atomic E-state index is 13.2. The number of piperidine rings is 1. The highest BCUT2D eigenvalue weighted by atomic mass is 16.5. The number of ether oxygens (including phenoxy) is 3. The van der Waals surface area contributed by atoms with Crippen molar-refractivity contribution in [2.24, 2.45) is 0 Å². The van der Waals surface area contributed by atoms with E-state index in [0.29, 0.717) is 73.9 Å². The Kier molecular flexibility index (Phi) is 6.68. The van der Waals surface area contributed by atoms with E-state index in [-0.39, 0.29) is 11.7 Å². The summed E-state index contributed by atoms with van der Waals surface area (Å²) in [6.45, 7) is 6.25. The number of carbonyl (C=O) groups is 2. The number of para-hydroxylation sites is 1. The molecule has 0 saturated carbocycles. The van der Waals surface area contributed by atoms with E-state index in [4.69, 9.17) is 14.2 Å². The van der Waals surface area contributed by atoms with Gasteiger partial charge in [-0.2, -0.15) is 0 Å². The van der Waals surface area contributed by atoms with Gasteiger partial charge in [-0.05, 0) is 43.7 Å². The number of benzene rings is 2. The predicted octanol–water partition coefficient (Wildman–Crippen LogP) is 4.90. The largest absolute Gasteiger partial charge is 0.490 e. The van der Waals surface area contributed by atoms with Crippen molar-refractivity contribution in [2.45, 2.75) is 51.6 Å². The number of likely N-dealkylation sites (tertiary alicyclic amines) is 1. The summed E-state index contributed by atoms with van der Waals surface area (Å²) in [7, 11) is 0. The van der Waals surface area contributed by atoms with Crippen molar-refractivity contribution in [1.82, 2.24) is 4.90 Å². The van der Waals surface area contributed by atoms with E-state index >= 15 is 0 Å². The van der Waals surface area contributed by atoms with Gasteiger partial charge in [0.2, 0.25) is 0 Å². The van der Waals surface area contributed by atoms with Crippen molar-refractivity contribution in [3.05, 3.63) is 53.6 Å². The summed E-state index contributed by atoms with van der Waals surface area (Å²) >= 11 is 0. The molecule has 2 aliphatic rings. The van der Waals surface area contributed by atoms with Crippen LogP contribution in [0.15, 0.2) is 42.5 Å². The maximum atomic E-state index is 13.2. The lowest BCUT2D eigenvalue weighted by Gasteiger charge is -2.44. The van der Waals surface area contributed by atoms with Crippen LogP contribution in [-0.4, -0.2) is 48.5 Å². The molecule has 0 N–H and O–H groups in total. The molecule has 0 radical (unpaired) electrons. The molecule has 2 aliphatic heterocycles. The van der Waals surface area contributed by atoms with Crippen LogP contribution in [0, 0.1) is 0 Å². The van der Waals surface area contributed by atoms with Gasteiger partial charge in [-0.15, -0.1) is 0 Å². The maximum Gasteiger partial charge on any atom is 0.253 e. The zero-order chi connectivity index (χ0) is 22.6. The van der Waals surface area contributed by atoms with E-state index in [1.165, 1.54) is 0 Å². The van der Waals surface area contributed by atoms with Gasteiger partial charge in [-0.1, -0.05) is 25.5 Å². The van der Waals surface area contributed by atoms with E-state index in [1.807, 2.05) is 42.2 Å². The van der Waals surface area contributed by atoms with Crippen molar-refractivity contribution in [2.75, 3.05) is 26.3 Å². The van der Waals surface area contributed by atoms with Crippen LogP contribution in [-0.2, 0) is 0 Å². The van der Waals surface area contributed by atoms with Gasteiger partial charge in [0.25, 0.3) is 5.91 Å². The molecule has 2 aromatic rings. The Labute approximate surface area is 189 Å². The van der Waals surface area contributed by atoms with Crippen molar-refractivity contribution in [3.63, 3.8) is 0 Å². The first-order valence-corrected chi connectivity index (χ1v) is 11.6. The lowest BCUT2D eigenvalue weighted by Crippen LogP contribution is -2.52. The number of carbonyl (C=O) groups excluding carboxylic acids is 2. The molecule has 170 valence electrons. The number of amides is 1. The lowest BCUT2D eigenvalue weighted by molar-refractivity contribution is -0.00571. The first-order valence-electron chi connectivity index (χ1n) is 11.6. The second kappa shape index (κ2) is 9.63. The molecule has 0 bridgehead atoms. The Bertz CT molecular complexity index is 978. The SMILES string of the molecule is CCCCOc1ccc(C(=O)N2CCC3(CC2)CC(=O)c2ccccc2O3)cc1OCC. The fraction of sp³-hybridized carbons (Fsp3) is 0.462. The smallest absolute Gasteiger partial charge is 0.253 e. The summed E-state index contributed by atoms with van der Waals surface area (Å²) < 4.78 is 17.8. The van der Waals surface area contributed by atoms with Crippen LogP contribution in [0.5, 0.6) is 17.2 Å². The molecule has 4 rings (SSSR count). The quantitative estimate of drug-likeness (QED) is 0.576. The number of unbranched alkanes of at least 4 members (excludes halogenated alkanes) is 1. The summed E-state index contributed by atoms with van der Waals surface area (Å²) in [5.74, 6) is 2.00. The van der Waals surface area contributed by atoms with Crippen LogP contribution in [0.1, 0.15) is 66.7 Å². The van der Waals surface area contributed by atoms with Gasteiger partial charge in [0.15, 0.2) is 17.3 Å². The first kappa shape index (κ1) is 22.2. The molecule has 2 aromatic carbocycles. The van der Waals surface area contributed by atoms with Crippen molar-refractivity contribution in [3.8, 4) is 17.2 Å². The average Bonchev–Trinajstić information content (AvgIpc) is 2.80. The van der Waals surface area contributed by atoms with E-state index in [0.717, 1.165) is 12.8 Å². The topological polar surface area (TPSA) is 65.1 Å². The van der Waals surface area contributed by atoms with Crippen LogP contribution in [0.25, 0.3) is 0 Å². The summed E-state index contributed by atoms with van der Waals surface area (Å²) in [6, 6.07) is 12.8. The number of ketones is 1. The molecule has 1 spiro atoms. The van der Waals surface area contributed by atoms with E-state index in [1.54, 1.807) is 12.1 Å². The third-order valence-corrected chi connectivity index (χ3v) is 6.20. The van der Waals surface area contributed by atoms with Gasteiger partial charge in [0.05, 0.1) is 25.2 Å². The van der Waals surface area contributed by atoms with E-state index in [9.17, 15) is 9.59 Å². The van der Waals surface area contributed by atoms with Gasteiger partial charge < -0.3 is 19.1 Å². The number of Topliss-reactive ketones (excluding diaryl/α,β-unsaturated/α-hetero) is 1. The Morgan fingerprint density at radius 1 is 1.06 bits per heavy atom. The van der Waals surface area contributed by atoms with Crippen molar-refractivity contribution >= 4 is 11.7 Å². The second-order valence-corrected chi connectivity index (χ2v) is 8.47. The fourth-order valence-corrected chi connectivity index (χ4v) is 4.38. The molecule has 0 unspecified atom stereocenters. The zero-order valence-electron chi connectivity index (χ0n) is 18.9. The van der Waals surface area contributed by atoms with Gasteiger partial charge in [0.1, 0.15) is 11.4 Å². The number of hydrogen-bond acceptors (Lipinski definition) is 5. The Hall–Kier alpha value is -3.02. The minimum atomic E-state index is -0.518. The zero-order valence-corrected chi connectivity index (χ0v) is 18.9. The molecule has 2 heterocycles. The Morgan fingerprint density at radius 3 is 2.59 bits per heavy atom. The van der Waals surface area contributed by atoms with Crippen LogP contribution in [0.3, 0.4) is 0 Å². The average molecular weight is 438 g/mol. The normalized spacial score (nSPS) is 16.9. The van der Waals surface area contributed by atoms with Gasteiger partial charge in [-0.3, -0.25) is 9.59 Å². The molecule has 1 saturated heterocycles. The number of nitrogens with zero attached hydrogens (tertiary/aromatic N) is 1. The highest BCUT2D eigenvalue weighted by Gasteiger charge is 2.43. The monoisotopic (exact) mass is 437 g/mol. The van der Waals surface area contributed by atoms with Crippen LogP contribution >= 0.6 is 0 Å². The molecule has 32 heavy (non-hydrogen) atoms. The molecule has 1 amide bonds. The minimum Gasteiger partial charge on any atom is -0.490 e. The standard InChI is InChI=1S/C26H31NO5/c1-3-5-16-31-23-11-10-19(17-24(23)30-4-2)25(29)27-14-12-26(13-15-27)18-21(28)20-8-6-7-9-22(20)32-26/h6-11,17H,3-5,12-16,18H2,1-2H3. The molecule has 0 aliphatic carbocycles. The molecule has 6 nitrogen and oxygen atoms in total. The predicted molar refractivity (Wildman–Crippen MR) is 122 cm³/mol. The molecule has 0 atom stereocenters. The lowest BCUT2D eigenvalue weighted by atomic mass is 9.82. The van der Waals surface area contributed by atoms with Crippen LogP contribution < -0.4 is 14.2 Å². The Balaban J connectivity index is 1.43. The van der Waals surface area contributed by atoms with Gasteiger partial charge in [0, 0.05) is 31.5 Å². The minimum absolute atomic E-state index is 0.0385. The van der Waals surface area contributed by atoms with Crippen LogP contribution in [0.2, 0.25) is 0 Å². The van der Waals surface area contributed by atoms with Gasteiger partial charge in [-0.25, -0.2) is 0 Å². The van der Waals surface area contributed by atoms with Crippen molar-refractivity contribution in [1.29, 1.82) is 0 Å². The third-order valence-electron chi connectivity index (χ3n) is 6.20. The Morgan fingerprint density at radius 2 is 1.84 bits per heavy atom. The van der Waals surface area contributed by atoms with Crippen LogP contribution in [0.4, 0.5) is 0 Å². The molecular weight excluding hydrogens is 406 g/mol. The molecule has 1 fully saturated rings. The molecule has 0 aromatic heterocycles. The summed E-state index contributed by atoms with van der Waals surface area (Å²) in [5, 5.41) is 0.